The largest absolute Gasteiger partial charge is 0.478 e. The summed E-state index contributed by atoms with van der Waals surface area (Å²) >= 11 is 0. The molecule has 4 heteroatoms. The molecule has 0 bridgehead atoms. The Morgan fingerprint density at radius 2 is 1.85 bits per heavy atom. The first kappa shape index (κ1) is 14.2. The fourth-order valence-corrected chi connectivity index (χ4v) is 1.89. The summed E-state index contributed by atoms with van der Waals surface area (Å²) in [4.78, 5) is 10.8. The smallest absolute Gasteiger partial charge is 0.335 e. The number of hydrogen-bond acceptors (Lipinski definition) is 3. The van der Waals surface area contributed by atoms with Crippen LogP contribution < -0.4 is 0 Å². The van der Waals surface area contributed by atoms with Crippen LogP contribution in [0, 0.1) is 0 Å². The van der Waals surface area contributed by atoms with E-state index in [9.17, 15) is 4.79 Å². The lowest BCUT2D eigenvalue weighted by atomic mass is 10.0. The monoisotopic (exact) mass is 272 g/mol. The molecule has 0 saturated carbocycles. The summed E-state index contributed by atoms with van der Waals surface area (Å²) in [5.41, 5.74) is 3.33. The number of methoxy groups -OCH3 is 1. The first-order valence-electron chi connectivity index (χ1n) is 6.20. The van der Waals surface area contributed by atoms with Gasteiger partial charge in [-0.25, -0.2) is 4.79 Å². The Morgan fingerprint density at radius 1 is 1.10 bits per heavy atom. The molecule has 104 valence electrons. The summed E-state index contributed by atoms with van der Waals surface area (Å²) in [6.45, 7) is 0.742. The van der Waals surface area contributed by atoms with Crippen molar-refractivity contribution in [2.75, 3.05) is 13.9 Å². The molecule has 0 amide bonds. The molecule has 0 fully saturated rings. The van der Waals surface area contributed by atoms with Crippen LogP contribution >= 0.6 is 0 Å². The van der Waals surface area contributed by atoms with Gasteiger partial charge >= 0.3 is 5.97 Å². The second kappa shape index (κ2) is 6.84. The van der Waals surface area contributed by atoms with Crippen LogP contribution in [0.3, 0.4) is 0 Å². The topological polar surface area (TPSA) is 55.8 Å². The van der Waals surface area contributed by atoms with E-state index in [1.54, 1.807) is 31.4 Å². The van der Waals surface area contributed by atoms with E-state index in [2.05, 4.69) is 0 Å². The molecule has 20 heavy (non-hydrogen) atoms. The number of carbonyl (C=O) groups is 1. The molecular weight excluding hydrogens is 256 g/mol. The maximum absolute atomic E-state index is 10.8. The third-order valence-electron chi connectivity index (χ3n) is 2.86. The number of rotatable bonds is 6. The number of ether oxygens (including phenoxy) is 2. The molecule has 0 spiro atoms. The SMILES string of the molecule is COCOCc1cccc(-c2ccc(C(=O)O)cc2)c1. The van der Waals surface area contributed by atoms with Crippen LogP contribution in [0.4, 0.5) is 0 Å². The van der Waals surface area contributed by atoms with Crippen LogP contribution in [0.5, 0.6) is 0 Å². The van der Waals surface area contributed by atoms with Gasteiger partial charge in [-0.3, -0.25) is 0 Å². The standard InChI is InChI=1S/C16H16O4/c1-19-11-20-10-12-3-2-4-15(9-12)13-5-7-14(8-6-13)16(17)18/h2-9H,10-11H2,1H3,(H,17,18). The Bertz CT molecular complexity index is 575. The highest BCUT2D eigenvalue weighted by Gasteiger charge is 2.04. The van der Waals surface area contributed by atoms with Gasteiger partial charge in [0.15, 0.2) is 0 Å². The molecule has 4 nitrogen and oxygen atoms in total. The van der Waals surface area contributed by atoms with E-state index in [0.29, 0.717) is 6.61 Å². The first-order valence-corrected chi connectivity index (χ1v) is 6.20. The highest BCUT2D eigenvalue weighted by Crippen LogP contribution is 2.21. The van der Waals surface area contributed by atoms with Crippen molar-refractivity contribution in [3.63, 3.8) is 0 Å². The lowest BCUT2D eigenvalue weighted by Gasteiger charge is -2.07. The molecule has 0 unspecified atom stereocenters. The fourth-order valence-electron chi connectivity index (χ4n) is 1.89. The number of aromatic carboxylic acids is 1. The van der Waals surface area contributed by atoms with Crippen LogP contribution in [-0.2, 0) is 16.1 Å². The molecule has 1 N–H and O–H groups in total. The van der Waals surface area contributed by atoms with Crippen LogP contribution in [0.1, 0.15) is 15.9 Å². The van der Waals surface area contributed by atoms with E-state index in [1.165, 1.54) is 0 Å². The molecule has 2 aromatic rings. The summed E-state index contributed by atoms with van der Waals surface area (Å²) in [6.07, 6.45) is 0. The van der Waals surface area contributed by atoms with Gasteiger partial charge in [0.1, 0.15) is 6.79 Å². The van der Waals surface area contributed by atoms with Gasteiger partial charge < -0.3 is 14.6 Å². The summed E-state index contributed by atoms with van der Waals surface area (Å²) in [5, 5.41) is 8.88. The Balaban J connectivity index is 2.15. The van der Waals surface area contributed by atoms with Crippen LogP contribution in [0.15, 0.2) is 48.5 Å². The number of benzene rings is 2. The quantitative estimate of drug-likeness (QED) is 0.648. The zero-order chi connectivity index (χ0) is 14.4. The van der Waals surface area contributed by atoms with Crippen LogP contribution in [0.25, 0.3) is 11.1 Å². The van der Waals surface area contributed by atoms with Gasteiger partial charge in [0.2, 0.25) is 0 Å². The lowest BCUT2D eigenvalue weighted by molar-refractivity contribution is -0.0390. The van der Waals surface area contributed by atoms with Crippen molar-refractivity contribution in [2.24, 2.45) is 0 Å². The van der Waals surface area contributed by atoms with E-state index in [0.717, 1.165) is 16.7 Å². The first-order chi connectivity index (χ1) is 9.70. The highest BCUT2D eigenvalue weighted by molar-refractivity contribution is 5.88. The van der Waals surface area contributed by atoms with Crippen molar-refractivity contribution in [3.05, 3.63) is 59.7 Å². The zero-order valence-electron chi connectivity index (χ0n) is 11.2. The predicted molar refractivity (Wildman–Crippen MR) is 75.5 cm³/mol. The number of hydrogen-bond donors (Lipinski definition) is 1. The molecule has 0 radical (unpaired) electrons. The zero-order valence-corrected chi connectivity index (χ0v) is 11.2. The van der Waals surface area contributed by atoms with Crippen molar-refractivity contribution in [3.8, 4) is 11.1 Å². The van der Waals surface area contributed by atoms with Crippen molar-refractivity contribution in [2.45, 2.75) is 6.61 Å². The van der Waals surface area contributed by atoms with Gasteiger partial charge in [0, 0.05) is 7.11 Å². The minimum atomic E-state index is -0.918. The molecule has 0 heterocycles. The second-order valence-corrected chi connectivity index (χ2v) is 4.34. The molecule has 0 aliphatic carbocycles. The van der Waals surface area contributed by atoms with E-state index >= 15 is 0 Å². The van der Waals surface area contributed by atoms with Crippen molar-refractivity contribution < 1.29 is 19.4 Å². The Hall–Kier alpha value is -2.17. The van der Waals surface area contributed by atoms with Gasteiger partial charge in [-0.15, -0.1) is 0 Å². The van der Waals surface area contributed by atoms with E-state index in [-0.39, 0.29) is 12.4 Å². The normalized spacial score (nSPS) is 10.4. The average molecular weight is 272 g/mol. The Labute approximate surface area is 117 Å². The Morgan fingerprint density at radius 3 is 2.50 bits per heavy atom. The fraction of sp³-hybridized carbons (Fsp3) is 0.188. The third kappa shape index (κ3) is 3.66. The predicted octanol–water partition coefficient (Wildman–Crippen LogP) is 3.17. The molecule has 2 rings (SSSR count). The van der Waals surface area contributed by atoms with E-state index in [1.807, 2.05) is 24.3 Å². The summed E-state index contributed by atoms with van der Waals surface area (Å²) in [5.74, 6) is -0.918. The highest BCUT2D eigenvalue weighted by atomic mass is 16.7. The second-order valence-electron chi connectivity index (χ2n) is 4.34. The van der Waals surface area contributed by atoms with E-state index < -0.39 is 5.97 Å². The van der Waals surface area contributed by atoms with Gasteiger partial charge in [0.05, 0.1) is 12.2 Å². The van der Waals surface area contributed by atoms with Crippen molar-refractivity contribution in [1.82, 2.24) is 0 Å². The molecule has 0 aliphatic heterocycles. The third-order valence-corrected chi connectivity index (χ3v) is 2.86. The molecule has 0 atom stereocenters. The summed E-state index contributed by atoms with van der Waals surface area (Å²) in [7, 11) is 1.58. The minimum Gasteiger partial charge on any atom is -0.478 e. The molecule has 0 aromatic heterocycles. The van der Waals surface area contributed by atoms with Crippen LogP contribution in [0.2, 0.25) is 0 Å². The minimum absolute atomic E-state index is 0.261. The summed E-state index contributed by atoms with van der Waals surface area (Å²) < 4.78 is 10.1. The maximum Gasteiger partial charge on any atom is 0.335 e. The van der Waals surface area contributed by atoms with Gasteiger partial charge in [-0.2, -0.15) is 0 Å². The summed E-state index contributed by atoms with van der Waals surface area (Å²) in [6, 6.07) is 14.7. The van der Waals surface area contributed by atoms with Gasteiger partial charge in [0.25, 0.3) is 0 Å². The van der Waals surface area contributed by atoms with Gasteiger partial charge in [-0.1, -0.05) is 30.3 Å². The Kier molecular flexibility index (Phi) is 4.87. The lowest BCUT2D eigenvalue weighted by Crippen LogP contribution is -1.97. The van der Waals surface area contributed by atoms with Crippen molar-refractivity contribution >= 4 is 5.97 Å². The van der Waals surface area contributed by atoms with Crippen molar-refractivity contribution in [1.29, 1.82) is 0 Å². The molecular formula is C16H16O4. The van der Waals surface area contributed by atoms with E-state index in [4.69, 9.17) is 14.6 Å². The number of carboxylic acid groups (broad SMARTS) is 1. The number of carboxylic acids is 1. The molecule has 0 aliphatic rings. The van der Waals surface area contributed by atoms with Gasteiger partial charge in [-0.05, 0) is 34.9 Å². The molecule has 2 aromatic carbocycles. The maximum atomic E-state index is 10.8. The molecule has 0 saturated heterocycles. The average Bonchev–Trinajstić information content (AvgIpc) is 2.48. The van der Waals surface area contributed by atoms with Crippen LogP contribution in [-0.4, -0.2) is 25.0 Å².